The number of nitrogen functional groups attached to an aromatic ring is 1. The summed E-state index contributed by atoms with van der Waals surface area (Å²) in [5, 5.41) is 19.0. The van der Waals surface area contributed by atoms with Crippen LogP contribution in [0.1, 0.15) is 87.6 Å². The number of aliphatic imine (C=N–C) groups is 1. The number of methoxy groups -OCH3 is 1. The molecule has 3 N–H and O–H groups in total. The summed E-state index contributed by atoms with van der Waals surface area (Å²) in [7, 11) is 1.66. The topological polar surface area (TPSA) is 140 Å². The SMILES string of the molecule is COc1ccc(OCCCN2c3cc(C)c(N=C4C(C(C)(C)C)=Nn5nc(-c6cc(N)cc(C(=O)O)c6)nc54)cc3C(C)CC2(C)C)cc1. The van der Waals surface area contributed by atoms with Gasteiger partial charge in [0.2, 0.25) is 5.82 Å². The van der Waals surface area contributed by atoms with Gasteiger partial charge in [-0.2, -0.15) is 5.10 Å². The van der Waals surface area contributed by atoms with Gasteiger partial charge in [0.05, 0.1) is 30.7 Å². The third kappa shape index (κ3) is 6.75. The van der Waals surface area contributed by atoms with Crippen molar-refractivity contribution >= 4 is 34.5 Å². The zero-order valence-electron chi connectivity index (χ0n) is 29.5. The van der Waals surface area contributed by atoms with Crippen molar-refractivity contribution in [3.8, 4) is 22.9 Å². The van der Waals surface area contributed by atoms with Crippen molar-refractivity contribution in [2.24, 2.45) is 15.5 Å². The zero-order chi connectivity index (χ0) is 35.2. The number of aromatic nitrogens is 3. The maximum absolute atomic E-state index is 11.7. The van der Waals surface area contributed by atoms with E-state index in [0.717, 1.165) is 47.8 Å². The second-order valence-electron chi connectivity index (χ2n) is 14.6. The van der Waals surface area contributed by atoms with E-state index in [4.69, 9.17) is 30.3 Å². The molecule has 0 saturated carbocycles. The molecule has 0 fully saturated rings. The average Bonchev–Trinajstić information content (AvgIpc) is 3.60. The molecule has 1 unspecified atom stereocenters. The Morgan fingerprint density at radius 1 is 1.10 bits per heavy atom. The number of carboxylic acids is 1. The normalized spacial score (nSPS) is 17.5. The van der Waals surface area contributed by atoms with E-state index in [0.29, 0.717) is 41.1 Å². The van der Waals surface area contributed by atoms with Gasteiger partial charge in [0.25, 0.3) is 0 Å². The number of nitrogens with two attached hydrogens (primary N) is 1. The molecule has 0 saturated heterocycles. The van der Waals surface area contributed by atoms with Gasteiger partial charge in [-0.15, -0.1) is 9.89 Å². The smallest absolute Gasteiger partial charge is 0.335 e. The molecule has 3 heterocycles. The second kappa shape index (κ2) is 12.7. The molecule has 11 heteroatoms. The Morgan fingerprint density at radius 2 is 1.82 bits per heavy atom. The first kappa shape index (κ1) is 33.7. The number of anilines is 2. The maximum atomic E-state index is 11.7. The molecule has 1 atom stereocenters. The fraction of sp³-hybridized carbons (Fsp3) is 0.395. The zero-order valence-corrected chi connectivity index (χ0v) is 29.5. The van der Waals surface area contributed by atoms with E-state index < -0.39 is 5.97 Å². The predicted molar refractivity (Wildman–Crippen MR) is 194 cm³/mol. The summed E-state index contributed by atoms with van der Waals surface area (Å²) >= 11 is 0. The molecule has 2 aliphatic rings. The molecule has 0 aliphatic carbocycles. The summed E-state index contributed by atoms with van der Waals surface area (Å²) in [4.78, 5) is 25.7. The lowest BCUT2D eigenvalue weighted by Gasteiger charge is -2.48. The van der Waals surface area contributed by atoms with Crippen LogP contribution in [-0.4, -0.2) is 63.2 Å². The van der Waals surface area contributed by atoms with Crippen LogP contribution in [0.5, 0.6) is 11.5 Å². The Balaban J connectivity index is 1.32. The molecule has 0 bridgehead atoms. The Kier molecular flexibility index (Phi) is 8.72. The molecule has 2 aliphatic heterocycles. The van der Waals surface area contributed by atoms with Crippen molar-refractivity contribution in [3.63, 3.8) is 0 Å². The molecule has 49 heavy (non-hydrogen) atoms. The van der Waals surface area contributed by atoms with Gasteiger partial charge in [0.15, 0.2) is 5.82 Å². The van der Waals surface area contributed by atoms with Gasteiger partial charge in [0.1, 0.15) is 17.2 Å². The number of carbonyl (C=O) groups is 1. The first-order valence-electron chi connectivity index (χ1n) is 16.6. The molecule has 256 valence electrons. The second-order valence-corrected chi connectivity index (χ2v) is 14.6. The number of aryl methyl sites for hydroxylation is 1. The van der Waals surface area contributed by atoms with Crippen molar-refractivity contribution in [3.05, 3.63) is 77.1 Å². The number of benzene rings is 3. The molecule has 11 nitrogen and oxygen atoms in total. The standard InChI is InChI=1S/C38H45N7O4/c1-22-16-31-29(23(2)21-38(6,7)44(31)14-9-15-49-28-12-10-27(48-8)11-13-28)20-30(22)40-32-33(37(3,4)5)42-45-35(32)41-34(43-45)24-17-25(36(46)47)19-26(39)18-24/h10-13,16-20,23H,9,14-15,21,39H2,1-8H3,(H,46,47). The van der Waals surface area contributed by atoms with Crippen LogP contribution in [0.25, 0.3) is 11.4 Å². The summed E-state index contributed by atoms with van der Waals surface area (Å²) in [6.07, 6.45) is 1.88. The van der Waals surface area contributed by atoms with Crippen molar-refractivity contribution in [2.45, 2.75) is 72.8 Å². The van der Waals surface area contributed by atoms with E-state index >= 15 is 0 Å². The van der Waals surface area contributed by atoms with Gasteiger partial charge in [-0.1, -0.05) is 27.7 Å². The molecule has 0 amide bonds. The van der Waals surface area contributed by atoms with E-state index in [1.807, 2.05) is 24.3 Å². The summed E-state index contributed by atoms with van der Waals surface area (Å²) in [5.41, 5.74) is 12.4. The van der Waals surface area contributed by atoms with Gasteiger partial charge in [-0.25, -0.2) is 14.8 Å². The monoisotopic (exact) mass is 663 g/mol. The van der Waals surface area contributed by atoms with Crippen LogP contribution < -0.4 is 20.1 Å². The summed E-state index contributed by atoms with van der Waals surface area (Å²) in [6, 6.07) is 16.8. The number of nitrogens with zero attached hydrogens (tertiary/aromatic N) is 6. The number of rotatable bonds is 9. The van der Waals surface area contributed by atoms with Gasteiger partial charge in [0, 0.05) is 34.4 Å². The highest BCUT2D eigenvalue weighted by Crippen LogP contribution is 2.46. The Labute approximate surface area is 287 Å². The highest BCUT2D eigenvalue weighted by molar-refractivity contribution is 6.50. The van der Waals surface area contributed by atoms with Gasteiger partial charge < -0.3 is 25.2 Å². The third-order valence-corrected chi connectivity index (χ3v) is 9.18. The van der Waals surface area contributed by atoms with Crippen LogP contribution in [0.2, 0.25) is 0 Å². The summed E-state index contributed by atoms with van der Waals surface area (Å²) in [5.74, 6) is 1.74. The van der Waals surface area contributed by atoms with Crippen molar-refractivity contribution in [2.75, 3.05) is 30.9 Å². The van der Waals surface area contributed by atoms with Crippen LogP contribution in [0.3, 0.4) is 0 Å². The molecule has 0 spiro atoms. The summed E-state index contributed by atoms with van der Waals surface area (Å²) in [6.45, 7) is 16.7. The third-order valence-electron chi connectivity index (χ3n) is 9.18. The van der Waals surface area contributed by atoms with E-state index in [1.165, 1.54) is 28.2 Å². The quantitative estimate of drug-likeness (QED) is 0.139. The van der Waals surface area contributed by atoms with Crippen molar-refractivity contribution < 1.29 is 19.4 Å². The highest BCUT2D eigenvalue weighted by atomic mass is 16.5. The van der Waals surface area contributed by atoms with E-state index in [-0.39, 0.29) is 16.5 Å². The van der Waals surface area contributed by atoms with Gasteiger partial charge in [-0.3, -0.25) is 0 Å². The fourth-order valence-electron chi connectivity index (χ4n) is 6.77. The van der Waals surface area contributed by atoms with E-state index in [9.17, 15) is 9.90 Å². The number of hydrogen-bond acceptors (Lipinski definition) is 9. The minimum atomic E-state index is -1.07. The molecule has 3 aromatic carbocycles. The van der Waals surface area contributed by atoms with E-state index in [1.54, 1.807) is 13.2 Å². The van der Waals surface area contributed by atoms with E-state index in [2.05, 4.69) is 70.6 Å². The van der Waals surface area contributed by atoms with Crippen LogP contribution in [0.4, 0.5) is 17.1 Å². The largest absolute Gasteiger partial charge is 0.497 e. The van der Waals surface area contributed by atoms with Crippen LogP contribution in [-0.2, 0) is 0 Å². The molecule has 4 aromatic rings. The fourth-order valence-corrected chi connectivity index (χ4v) is 6.77. The first-order chi connectivity index (χ1) is 23.1. The minimum absolute atomic E-state index is 0.0297. The molecule has 1 aromatic heterocycles. The summed E-state index contributed by atoms with van der Waals surface area (Å²) < 4.78 is 11.3. The van der Waals surface area contributed by atoms with Gasteiger partial charge in [-0.05, 0) is 105 Å². The Morgan fingerprint density at radius 3 is 2.49 bits per heavy atom. The maximum Gasteiger partial charge on any atom is 0.335 e. The van der Waals surface area contributed by atoms with Crippen LogP contribution in [0.15, 0.2) is 64.7 Å². The molecule has 0 radical (unpaired) electrons. The number of hydrogen-bond donors (Lipinski definition) is 2. The highest BCUT2D eigenvalue weighted by Gasteiger charge is 2.38. The van der Waals surface area contributed by atoms with Crippen LogP contribution >= 0.6 is 0 Å². The number of ether oxygens (including phenoxy) is 2. The van der Waals surface area contributed by atoms with Crippen molar-refractivity contribution in [1.82, 2.24) is 14.9 Å². The minimum Gasteiger partial charge on any atom is -0.497 e. The predicted octanol–water partition coefficient (Wildman–Crippen LogP) is 7.49. The average molecular weight is 664 g/mol. The Hall–Kier alpha value is -5.19. The lowest BCUT2D eigenvalue weighted by atomic mass is 9.79. The first-order valence-corrected chi connectivity index (χ1v) is 16.6. The molecule has 6 rings (SSSR count). The lowest BCUT2D eigenvalue weighted by molar-refractivity contribution is 0.0697. The Bertz CT molecular complexity index is 1970. The lowest BCUT2D eigenvalue weighted by Crippen LogP contribution is -2.49. The van der Waals surface area contributed by atoms with Crippen molar-refractivity contribution in [1.29, 1.82) is 0 Å². The van der Waals surface area contributed by atoms with Crippen LogP contribution in [0, 0.1) is 12.3 Å². The van der Waals surface area contributed by atoms with Gasteiger partial charge >= 0.3 is 5.97 Å². The number of carboxylic acid groups (broad SMARTS) is 1. The molecular formula is C38H45N7O4. The molecular weight excluding hydrogens is 618 g/mol. The number of aromatic carboxylic acids is 1. The number of fused-ring (bicyclic) bond motifs is 2.